The second-order valence-corrected chi connectivity index (χ2v) is 7.64. The summed E-state index contributed by atoms with van der Waals surface area (Å²) in [6, 6.07) is 22.7. The number of fused-ring (bicyclic) bond motifs is 2. The summed E-state index contributed by atoms with van der Waals surface area (Å²) < 4.78 is 5.14. The Morgan fingerprint density at radius 3 is 2.56 bits per heavy atom. The normalized spacial score (nSPS) is 11.0. The van der Waals surface area contributed by atoms with Crippen molar-refractivity contribution in [2.75, 3.05) is 12.4 Å². The van der Waals surface area contributed by atoms with Crippen LogP contribution in [-0.4, -0.2) is 23.0 Å². The van der Waals surface area contributed by atoms with E-state index in [-0.39, 0.29) is 17.9 Å². The van der Waals surface area contributed by atoms with Crippen LogP contribution in [0.25, 0.3) is 32.9 Å². The van der Waals surface area contributed by atoms with Gasteiger partial charge in [0.15, 0.2) is 0 Å². The van der Waals surface area contributed by atoms with Crippen molar-refractivity contribution in [3.63, 3.8) is 0 Å². The number of hydrogen-bond donors (Lipinski definition) is 3. The first-order valence-corrected chi connectivity index (χ1v) is 10.3. The second kappa shape index (κ2) is 8.07. The number of nitrogens with one attached hydrogen (secondary N) is 3. The number of rotatable bonds is 5. The fourth-order valence-corrected chi connectivity index (χ4v) is 3.91. The molecular weight excluding hydrogens is 402 g/mol. The smallest absolute Gasteiger partial charge is 0.256 e. The van der Waals surface area contributed by atoms with E-state index in [9.17, 15) is 9.59 Å². The summed E-state index contributed by atoms with van der Waals surface area (Å²) in [5.41, 5.74) is 4.46. The number of para-hydroxylation sites is 1. The van der Waals surface area contributed by atoms with Crippen molar-refractivity contribution in [1.29, 1.82) is 0 Å². The van der Waals surface area contributed by atoms with E-state index < -0.39 is 0 Å². The van der Waals surface area contributed by atoms with Crippen LogP contribution >= 0.6 is 0 Å². The Bertz CT molecular complexity index is 1500. The monoisotopic (exact) mass is 423 g/mol. The van der Waals surface area contributed by atoms with Crippen LogP contribution in [0.1, 0.15) is 5.56 Å². The highest BCUT2D eigenvalue weighted by Gasteiger charge is 2.12. The van der Waals surface area contributed by atoms with Gasteiger partial charge in [0.2, 0.25) is 5.91 Å². The largest absolute Gasteiger partial charge is 0.497 e. The molecule has 0 spiro atoms. The molecule has 5 aromatic rings. The van der Waals surface area contributed by atoms with E-state index in [1.54, 1.807) is 13.2 Å². The maximum atomic E-state index is 12.8. The zero-order valence-corrected chi connectivity index (χ0v) is 17.4. The summed E-state index contributed by atoms with van der Waals surface area (Å²) in [6.45, 7) is 0. The number of benzene rings is 3. The van der Waals surface area contributed by atoms with E-state index in [1.165, 1.54) is 0 Å². The van der Waals surface area contributed by atoms with Crippen LogP contribution in [0.4, 0.5) is 5.69 Å². The first-order chi connectivity index (χ1) is 15.6. The van der Waals surface area contributed by atoms with Crippen LogP contribution in [-0.2, 0) is 11.2 Å². The number of H-pyrrole nitrogens is 2. The van der Waals surface area contributed by atoms with E-state index >= 15 is 0 Å². The zero-order valence-electron chi connectivity index (χ0n) is 17.4. The maximum absolute atomic E-state index is 12.8. The molecule has 3 N–H and O–H groups in total. The molecule has 0 radical (unpaired) electrons. The standard InChI is InChI=1S/C26H21N3O3/c1-32-19-10-6-16(7-11-19)12-25(30)28-18-9-8-17-13-21(26(31)29-24(17)14-18)22-15-27-23-5-3-2-4-20(22)23/h2-11,13-15,27H,12H2,1H3,(H,28,30)(H,29,31). The van der Waals surface area contributed by atoms with Crippen molar-refractivity contribution in [1.82, 2.24) is 9.97 Å². The van der Waals surface area contributed by atoms with Crippen molar-refractivity contribution >= 4 is 33.4 Å². The highest BCUT2D eigenvalue weighted by atomic mass is 16.5. The topological polar surface area (TPSA) is 87.0 Å². The molecule has 2 heterocycles. The van der Waals surface area contributed by atoms with Gasteiger partial charge in [-0.2, -0.15) is 0 Å². The lowest BCUT2D eigenvalue weighted by Crippen LogP contribution is -2.14. The number of aromatic amines is 2. The minimum atomic E-state index is -0.177. The van der Waals surface area contributed by atoms with Crippen LogP contribution in [0.2, 0.25) is 0 Å². The highest BCUT2D eigenvalue weighted by Crippen LogP contribution is 2.28. The average molecular weight is 423 g/mol. The van der Waals surface area contributed by atoms with E-state index in [0.29, 0.717) is 16.8 Å². The van der Waals surface area contributed by atoms with E-state index in [2.05, 4.69) is 15.3 Å². The molecule has 3 aromatic carbocycles. The molecule has 158 valence electrons. The molecule has 0 aliphatic carbocycles. The number of methoxy groups -OCH3 is 1. The van der Waals surface area contributed by atoms with Gasteiger partial charge >= 0.3 is 0 Å². The van der Waals surface area contributed by atoms with E-state index in [0.717, 1.165) is 33.2 Å². The van der Waals surface area contributed by atoms with Crippen molar-refractivity contribution in [2.45, 2.75) is 6.42 Å². The van der Waals surface area contributed by atoms with Crippen molar-refractivity contribution in [3.8, 4) is 16.9 Å². The molecule has 32 heavy (non-hydrogen) atoms. The predicted octanol–water partition coefficient (Wildman–Crippen LogP) is 4.87. The summed E-state index contributed by atoms with van der Waals surface area (Å²) in [6.07, 6.45) is 2.10. The molecule has 2 aromatic heterocycles. The summed E-state index contributed by atoms with van der Waals surface area (Å²) in [4.78, 5) is 31.5. The number of carbonyl (C=O) groups is 1. The molecule has 0 aliphatic rings. The maximum Gasteiger partial charge on any atom is 0.256 e. The number of aromatic nitrogens is 2. The Morgan fingerprint density at radius 2 is 1.75 bits per heavy atom. The van der Waals surface area contributed by atoms with Crippen LogP contribution in [0.15, 0.2) is 83.8 Å². The van der Waals surface area contributed by atoms with Gasteiger partial charge in [0.25, 0.3) is 5.56 Å². The van der Waals surface area contributed by atoms with Gasteiger partial charge in [-0.25, -0.2) is 0 Å². The lowest BCUT2D eigenvalue weighted by atomic mass is 10.0. The number of carbonyl (C=O) groups excluding carboxylic acids is 1. The molecule has 0 fully saturated rings. The number of hydrogen-bond acceptors (Lipinski definition) is 3. The minimum Gasteiger partial charge on any atom is -0.497 e. The predicted molar refractivity (Wildman–Crippen MR) is 127 cm³/mol. The van der Waals surface area contributed by atoms with Gasteiger partial charge in [-0.1, -0.05) is 36.4 Å². The Kier molecular flexibility index (Phi) is 4.95. The van der Waals surface area contributed by atoms with Crippen LogP contribution in [0, 0.1) is 0 Å². The fraction of sp³-hybridized carbons (Fsp3) is 0.0769. The fourth-order valence-electron chi connectivity index (χ4n) is 3.91. The van der Waals surface area contributed by atoms with E-state index in [4.69, 9.17) is 4.74 Å². The third-order valence-corrected chi connectivity index (χ3v) is 5.53. The molecule has 0 saturated heterocycles. The number of pyridine rings is 1. The molecule has 6 nitrogen and oxygen atoms in total. The molecule has 0 bridgehead atoms. The molecule has 1 amide bonds. The van der Waals surface area contributed by atoms with Gasteiger partial charge in [-0.3, -0.25) is 9.59 Å². The van der Waals surface area contributed by atoms with Crippen molar-refractivity contribution in [2.24, 2.45) is 0 Å². The third-order valence-electron chi connectivity index (χ3n) is 5.53. The van der Waals surface area contributed by atoms with Gasteiger partial charge in [-0.15, -0.1) is 0 Å². The van der Waals surface area contributed by atoms with Crippen LogP contribution in [0.5, 0.6) is 5.75 Å². The first-order valence-electron chi connectivity index (χ1n) is 10.3. The molecule has 0 unspecified atom stereocenters. The summed E-state index contributed by atoms with van der Waals surface area (Å²) in [7, 11) is 1.61. The molecule has 0 aliphatic heterocycles. The highest BCUT2D eigenvalue weighted by molar-refractivity contribution is 5.98. The van der Waals surface area contributed by atoms with Crippen molar-refractivity contribution in [3.05, 3.63) is 94.9 Å². The number of amides is 1. The lowest BCUT2D eigenvalue weighted by Gasteiger charge is -2.08. The van der Waals surface area contributed by atoms with E-state index in [1.807, 2.05) is 72.9 Å². The Morgan fingerprint density at radius 1 is 0.938 bits per heavy atom. The summed E-state index contributed by atoms with van der Waals surface area (Å²) >= 11 is 0. The van der Waals surface area contributed by atoms with Gasteiger partial charge in [0, 0.05) is 33.9 Å². The number of ether oxygens (including phenoxy) is 1. The Hall–Kier alpha value is -4.32. The van der Waals surface area contributed by atoms with Crippen LogP contribution in [0.3, 0.4) is 0 Å². The Balaban J connectivity index is 1.40. The first kappa shape index (κ1) is 19.6. The van der Waals surface area contributed by atoms with Crippen molar-refractivity contribution < 1.29 is 9.53 Å². The SMILES string of the molecule is COc1ccc(CC(=O)Nc2ccc3cc(-c4c[nH]c5ccccc45)c(=O)[nH]c3c2)cc1. The second-order valence-electron chi connectivity index (χ2n) is 7.64. The lowest BCUT2D eigenvalue weighted by molar-refractivity contribution is -0.115. The van der Waals surface area contributed by atoms with Gasteiger partial charge < -0.3 is 20.0 Å². The third kappa shape index (κ3) is 3.74. The minimum absolute atomic E-state index is 0.132. The molecule has 5 rings (SSSR count). The summed E-state index contributed by atoms with van der Waals surface area (Å²) in [5.74, 6) is 0.618. The molecular formula is C26H21N3O3. The summed E-state index contributed by atoms with van der Waals surface area (Å²) in [5, 5.41) is 4.79. The zero-order chi connectivity index (χ0) is 22.1. The number of anilines is 1. The van der Waals surface area contributed by atoms with Gasteiger partial charge in [0.1, 0.15) is 5.75 Å². The van der Waals surface area contributed by atoms with Crippen LogP contribution < -0.4 is 15.6 Å². The average Bonchev–Trinajstić information content (AvgIpc) is 3.23. The quantitative estimate of drug-likeness (QED) is 0.377. The Labute approximate surface area is 183 Å². The van der Waals surface area contributed by atoms with Gasteiger partial charge in [-0.05, 0) is 47.3 Å². The molecule has 6 heteroatoms. The molecule has 0 atom stereocenters. The molecule has 0 saturated carbocycles. The van der Waals surface area contributed by atoms with Gasteiger partial charge in [0.05, 0.1) is 19.0 Å².